The minimum absolute atomic E-state index is 0.155. The first kappa shape index (κ1) is 31.2. The number of fused-ring (bicyclic) bond motifs is 1. The molecule has 0 saturated heterocycles. The number of para-hydroxylation sites is 1. The van der Waals surface area contributed by atoms with E-state index in [9.17, 15) is 19.2 Å². The molecule has 0 aliphatic carbocycles. The Bertz CT molecular complexity index is 1350. The number of primary amides is 1. The lowest BCUT2D eigenvalue weighted by atomic mass is 9.96. The summed E-state index contributed by atoms with van der Waals surface area (Å²) in [5.74, 6) is -2.05. The molecule has 4 amide bonds. The van der Waals surface area contributed by atoms with Crippen molar-refractivity contribution in [2.75, 3.05) is 0 Å². The zero-order valence-electron chi connectivity index (χ0n) is 24.3. The maximum atomic E-state index is 13.7. The van der Waals surface area contributed by atoms with Gasteiger partial charge < -0.3 is 31.4 Å². The second kappa shape index (κ2) is 13.8. The number of ether oxygens (including phenoxy) is 1. The maximum Gasteiger partial charge on any atom is 0.408 e. The molecule has 10 nitrogen and oxygen atoms in total. The van der Waals surface area contributed by atoms with Crippen molar-refractivity contribution in [3.8, 4) is 0 Å². The summed E-state index contributed by atoms with van der Waals surface area (Å²) in [6, 6.07) is 13.9. The molecule has 6 N–H and O–H groups in total. The van der Waals surface area contributed by atoms with Crippen molar-refractivity contribution >= 4 is 34.7 Å². The summed E-state index contributed by atoms with van der Waals surface area (Å²) < 4.78 is 5.41. The van der Waals surface area contributed by atoms with Crippen LogP contribution in [-0.2, 0) is 32.0 Å². The Morgan fingerprint density at radius 1 is 0.878 bits per heavy atom. The number of benzene rings is 2. The first-order chi connectivity index (χ1) is 19.4. The molecule has 3 rings (SSSR count). The lowest BCUT2D eigenvalue weighted by molar-refractivity contribution is -0.133. The summed E-state index contributed by atoms with van der Waals surface area (Å²) in [6.07, 6.45) is 1.99. The Morgan fingerprint density at radius 3 is 2.17 bits per heavy atom. The summed E-state index contributed by atoms with van der Waals surface area (Å²) in [5, 5.41) is 9.13. The Labute approximate surface area is 240 Å². The van der Waals surface area contributed by atoms with Gasteiger partial charge in [0, 0.05) is 29.9 Å². The molecule has 1 aromatic heterocycles. The van der Waals surface area contributed by atoms with Crippen molar-refractivity contribution in [3.05, 3.63) is 71.9 Å². The van der Waals surface area contributed by atoms with Gasteiger partial charge in [-0.25, -0.2) is 4.79 Å². The molecule has 3 aromatic rings. The van der Waals surface area contributed by atoms with Gasteiger partial charge >= 0.3 is 6.09 Å². The largest absolute Gasteiger partial charge is 0.444 e. The van der Waals surface area contributed by atoms with Gasteiger partial charge in [0.2, 0.25) is 17.7 Å². The highest BCUT2D eigenvalue weighted by Gasteiger charge is 2.33. The molecule has 2 aromatic carbocycles. The van der Waals surface area contributed by atoms with Crippen molar-refractivity contribution in [1.29, 1.82) is 0 Å². The summed E-state index contributed by atoms with van der Waals surface area (Å²) in [6.45, 7) is 8.92. The maximum absolute atomic E-state index is 13.7. The topological polar surface area (TPSA) is 155 Å². The highest BCUT2D eigenvalue weighted by molar-refractivity contribution is 5.94. The number of amides is 4. The zero-order valence-corrected chi connectivity index (χ0v) is 24.3. The molecule has 0 saturated carbocycles. The van der Waals surface area contributed by atoms with Gasteiger partial charge in [0.25, 0.3) is 0 Å². The number of nitrogens with two attached hydrogens (primary N) is 1. The molecule has 0 radical (unpaired) electrons. The van der Waals surface area contributed by atoms with Crippen molar-refractivity contribution in [3.63, 3.8) is 0 Å². The minimum Gasteiger partial charge on any atom is -0.444 e. The van der Waals surface area contributed by atoms with Crippen LogP contribution in [0.1, 0.15) is 52.2 Å². The fourth-order valence-corrected chi connectivity index (χ4v) is 4.47. The fourth-order valence-electron chi connectivity index (χ4n) is 4.47. The molecule has 41 heavy (non-hydrogen) atoms. The quantitative estimate of drug-likeness (QED) is 0.229. The van der Waals surface area contributed by atoms with Gasteiger partial charge in [-0.2, -0.15) is 0 Å². The van der Waals surface area contributed by atoms with Gasteiger partial charge in [0.15, 0.2) is 0 Å². The molecule has 0 bridgehead atoms. The molecule has 0 unspecified atom stereocenters. The van der Waals surface area contributed by atoms with Gasteiger partial charge in [0.1, 0.15) is 23.7 Å². The number of nitrogens with one attached hydrogen (secondary N) is 4. The van der Waals surface area contributed by atoms with Crippen molar-refractivity contribution in [1.82, 2.24) is 20.9 Å². The van der Waals surface area contributed by atoms with E-state index >= 15 is 0 Å². The van der Waals surface area contributed by atoms with E-state index in [1.165, 1.54) is 0 Å². The SMILES string of the molecule is CC[C@H](C)[C@H](NC(=O)[C@H](Cc1c[nH]c2ccccc12)NC(=O)OC(C)(C)C)C(=O)N[C@H](Cc1ccccc1)C(N)=O. The number of aromatic amines is 1. The third-order valence-electron chi connectivity index (χ3n) is 6.84. The third kappa shape index (κ3) is 9.09. The normalized spacial score (nSPS) is 14.4. The second-order valence-corrected chi connectivity index (χ2v) is 11.3. The van der Waals surface area contributed by atoms with E-state index in [0.717, 1.165) is 22.0 Å². The van der Waals surface area contributed by atoms with E-state index in [-0.39, 0.29) is 18.8 Å². The standard InChI is InChI=1S/C31H41N5O5/c1-6-19(2)26(29(39)34-24(27(32)37)16-20-12-8-7-9-13-20)36-28(38)25(35-30(40)41-31(3,4)5)17-21-18-33-23-15-11-10-14-22(21)23/h7-15,18-19,24-26,33H,6,16-17H2,1-5H3,(H2,32,37)(H,34,39)(H,35,40)(H,36,38)/t19-,24+,25-,26-/m0/s1. The fraction of sp³-hybridized carbons (Fsp3) is 0.419. The minimum atomic E-state index is -1.04. The number of alkyl carbamates (subject to hydrolysis) is 1. The van der Waals surface area contributed by atoms with Crippen LogP contribution in [0.2, 0.25) is 0 Å². The first-order valence-electron chi connectivity index (χ1n) is 13.9. The van der Waals surface area contributed by atoms with Crippen LogP contribution in [0.5, 0.6) is 0 Å². The monoisotopic (exact) mass is 563 g/mol. The van der Waals surface area contributed by atoms with Gasteiger partial charge in [-0.15, -0.1) is 0 Å². The summed E-state index contributed by atoms with van der Waals surface area (Å²) >= 11 is 0. The van der Waals surface area contributed by atoms with Crippen LogP contribution in [0.3, 0.4) is 0 Å². The van der Waals surface area contributed by atoms with E-state index in [1.54, 1.807) is 27.0 Å². The first-order valence-corrected chi connectivity index (χ1v) is 13.9. The Morgan fingerprint density at radius 2 is 1.54 bits per heavy atom. The molecule has 0 spiro atoms. The number of aromatic nitrogens is 1. The number of carbonyl (C=O) groups excluding carboxylic acids is 4. The highest BCUT2D eigenvalue weighted by Crippen LogP contribution is 2.20. The summed E-state index contributed by atoms with van der Waals surface area (Å²) in [7, 11) is 0. The highest BCUT2D eigenvalue weighted by atomic mass is 16.6. The number of H-pyrrole nitrogens is 1. The Kier molecular flexibility index (Phi) is 10.5. The van der Waals surface area contributed by atoms with Gasteiger partial charge in [0.05, 0.1) is 0 Å². The lowest BCUT2D eigenvalue weighted by Gasteiger charge is -2.28. The van der Waals surface area contributed by atoms with Gasteiger partial charge in [-0.3, -0.25) is 14.4 Å². The molecule has 4 atom stereocenters. The summed E-state index contributed by atoms with van der Waals surface area (Å²) in [4.78, 5) is 55.3. The molecule has 10 heteroatoms. The molecular formula is C31H41N5O5. The van der Waals surface area contributed by atoms with E-state index in [2.05, 4.69) is 20.9 Å². The third-order valence-corrected chi connectivity index (χ3v) is 6.84. The number of hydrogen-bond acceptors (Lipinski definition) is 5. The van der Waals surface area contributed by atoms with Crippen molar-refractivity contribution < 1.29 is 23.9 Å². The van der Waals surface area contributed by atoms with Crippen LogP contribution in [-0.4, -0.2) is 52.5 Å². The van der Waals surface area contributed by atoms with Crippen LogP contribution in [0.4, 0.5) is 4.79 Å². The Balaban J connectivity index is 1.82. The molecule has 1 heterocycles. The molecule has 0 aliphatic rings. The second-order valence-electron chi connectivity index (χ2n) is 11.3. The molecule has 220 valence electrons. The van der Waals surface area contributed by atoms with E-state index < -0.39 is 47.5 Å². The average Bonchev–Trinajstić information content (AvgIpc) is 3.32. The van der Waals surface area contributed by atoms with E-state index in [4.69, 9.17) is 10.5 Å². The van der Waals surface area contributed by atoms with Crippen LogP contribution >= 0.6 is 0 Å². The molecule has 0 aliphatic heterocycles. The van der Waals surface area contributed by atoms with Crippen LogP contribution in [0.15, 0.2) is 60.8 Å². The predicted molar refractivity (Wildman–Crippen MR) is 158 cm³/mol. The zero-order chi connectivity index (χ0) is 30.2. The van der Waals surface area contributed by atoms with E-state index in [1.807, 2.05) is 68.4 Å². The number of carbonyl (C=O) groups is 4. The van der Waals surface area contributed by atoms with Gasteiger partial charge in [-0.1, -0.05) is 68.8 Å². The smallest absolute Gasteiger partial charge is 0.408 e. The van der Waals surface area contributed by atoms with Gasteiger partial charge in [-0.05, 0) is 43.9 Å². The van der Waals surface area contributed by atoms with E-state index in [0.29, 0.717) is 6.42 Å². The molecule has 0 fully saturated rings. The molecular weight excluding hydrogens is 522 g/mol. The number of hydrogen-bond donors (Lipinski definition) is 5. The number of rotatable bonds is 12. The predicted octanol–water partition coefficient (Wildman–Crippen LogP) is 3.35. The Hall–Kier alpha value is -4.34. The van der Waals surface area contributed by atoms with Crippen LogP contribution < -0.4 is 21.7 Å². The van der Waals surface area contributed by atoms with Crippen LogP contribution in [0, 0.1) is 5.92 Å². The average molecular weight is 564 g/mol. The van der Waals surface area contributed by atoms with Crippen molar-refractivity contribution in [2.45, 2.75) is 77.6 Å². The lowest BCUT2D eigenvalue weighted by Crippen LogP contribution is -2.59. The van der Waals surface area contributed by atoms with Crippen molar-refractivity contribution in [2.24, 2.45) is 11.7 Å². The van der Waals surface area contributed by atoms with Crippen LogP contribution in [0.25, 0.3) is 10.9 Å². The summed E-state index contributed by atoms with van der Waals surface area (Å²) in [5.41, 5.74) is 7.39.